The summed E-state index contributed by atoms with van der Waals surface area (Å²) >= 11 is 0. The van der Waals surface area contributed by atoms with Gasteiger partial charge in [-0.05, 0) is 49.9 Å². The number of piperidine rings is 1. The van der Waals surface area contributed by atoms with Crippen LogP contribution in [-0.2, 0) is 16.0 Å². The number of amides is 1. The third kappa shape index (κ3) is 8.81. The van der Waals surface area contributed by atoms with E-state index in [9.17, 15) is 18.0 Å². The number of hydrogen-bond acceptors (Lipinski definition) is 4. The lowest BCUT2D eigenvalue weighted by Crippen LogP contribution is -2.41. The van der Waals surface area contributed by atoms with Crippen molar-refractivity contribution in [1.82, 2.24) is 4.90 Å². The number of ether oxygens (including phenoxy) is 2. The van der Waals surface area contributed by atoms with Crippen LogP contribution in [-0.4, -0.2) is 49.5 Å². The Bertz CT molecular complexity index is 562. The van der Waals surface area contributed by atoms with Gasteiger partial charge in [0.25, 0.3) is 0 Å². The number of carbonyl (C=O) groups excluding carboxylic acids is 1. The van der Waals surface area contributed by atoms with Crippen molar-refractivity contribution < 1.29 is 27.4 Å². The van der Waals surface area contributed by atoms with E-state index in [1.165, 1.54) is 12.1 Å². The van der Waals surface area contributed by atoms with Gasteiger partial charge in [0.05, 0.1) is 6.10 Å². The molecule has 0 spiro atoms. The van der Waals surface area contributed by atoms with Gasteiger partial charge in [-0.3, -0.25) is 4.79 Å². The zero-order valence-corrected chi connectivity index (χ0v) is 15.9. The van der Waals surface area contributed by atoms with Gasteiger partial charge in [0, 0.05) is 26.1 Å². The highest BCUT2D eigenvalue weighted by Gasteiger charge is 2.31. The minimum Gasteiger partial charge on any atom is -0.406 e. The standard InChI is InChI=1S/C18H25F3N2O3.ClH/c19-18(20,21)26-16-5-2-14(3-6-16)4-7-17(24)23-11-8-15(9-12-23)25-13-1-10-22;/h2-3,5-6,15H,1,4,7-13,22H2;1H. The molecule has 0 aromatic heterocycles. The van der Waals surface area contributed by atoms with E-state index in [1.807, 2.05) is 4.90 Å². The highest BCUT2D eigenvalue weighted by atomic mass is 35.5. The normalized spacial score (nSPS) is 15.3. The third-order valence-electron chi connectivity index (χ3n) is 4.28. The number of alkyl halides is 3. The van der Waals surface area contributed by atoms with Crippen LogP contribution in [0.3, 0.4) is 0 Å². The van der Waals surface area contributed by atoms with Crippen molar-refractivity contribution in [2.24, 2.45) is 5.73 Å². The van der Waals surface area contributed by atoms with Gasteiger partial charge < -0.3 is 20.1 Å². The van der Waals surface area contributed by atoms with Crippen LogP contribution in [0.4, 0.5) is 13.2 Å². The van der Waals surface area contributed by atoms with Gasteiger partial charge in [0.1, 0.15) is 5.75 Å². The average molecular weight is 411 g/mol. The Morgan fingerprint density at radius 2 is 1.81 bits per heavy atom. The first kappa shape index (κ1) is 23.5. The molecule has 1 fully saturated rings. The zero-order chi connectivity index (χ0) is 19.0. The molecule has 5 nitrogen and oxygen atoms in total. The molecule has 0 saturated carbocycles. The summed E-state index contributed by atoms with van der Waals surface area (Å²) in [5.41, 5.74) is 6.23. The fourth-order valence-corrected chi connectivity index (χ4v) is 2.87. The molecule has 9 heteroatoms. The van der Waals surface area contributed by atoms with Gasteiger partial charge in [-0.25, -0.2) is 0 Å². The van der Waals surface area contributed by atoms with Gasteiger partial charge in [-0.1, -0.05) is 12.1 Å². The molecule has 1 aromatic rings. The molecule has 2 N–H and O–H groups in total. The molecule has 2 rings (SSSR count). The van der Waals surface area contributed by atoms with Gasteiger partial charge >= 0.3 is 6.36 Å². The monoisotopic (exact) mass is 410 g/mol. The van der Waals surface area contributed by atoms with E-state index < -0.39 is 6.36 Å². The van der Waals surface area contributed by atoms with Crippen LogP contribution < -0.4 is 10.5 Å². The largest absolute Gasteiger partial charge is 0.573 e. The van der Waals surface area contributed by atoms with Crippen LogP contribution in [0.25, 0.3) is 0 Å². The second-order valence-electron chi connectivity index (χ2n) is 6.28. The van der Waals surface area contributed by atoms with Crippen LogP contribution in [0.5, 0.6) is 5.75 Å². The Kier molecular flexibility index (Phi) is 9.90. The summed E-state index contributed by atoms with van der Waals surface area (Å²) in [5, 5.41) is 0. The number of carbonyl (C=O) groups is 1. The van der Waals surface area contributed by atoms with E-state index in [0.717, 1.165) is 24.8 Å². The van der Waals surface area contributed by atoms with Crippen LogP contribution in [0.1, 0.15) is 31.2 Å². The van der Waals surface area contributed by atoms with E-state index in [4.69, 9.17) is 10.5 Å². The van der Waals surface area contributed by atoms with Crippen molar-refractivity contribution >= 4 is 18.3 Å². The molecule has 1 heterocycles. The van der Waals surface area contributed by atoms with Crippen molar-refractivity contribution in [2.45, 2.75) is 44.6 Å². The second-order valence-corrected chi connectivity index (χ2v) is 6.28. The summed E-state index contributed by atoms with van der Waals surface area (Å²) in [6.45, 7) is 2.61. The van der Waals surface area contributed by atoms with Crippen LogP contribution >= 0.6 is 12.4 Å². The fraction of sp³-hybridized carbons (Fsp3) is 0.611. The second kappa shape index (κ2) is 11.4. The predicted molar refractivity (Wildman–Crippen MR) is 97.9 cm³/mol. The maximum atomic E-state index is 12.3. The molecule has 0 atom stereocenters. The number of benzene rings is 1. The minimum atomic E-state index is -4.70. The molecule has 0 unspecified atom stereocenters. The van der Waals surface area contributed by atoms with Crippen molar-refractivity contribution in [1.29, 1.82) is 0 Å². The Balaban J connectivity index is 0.00000364. The summed E-state index contributed by atoms with van der Waals surface area (Å²) in [5.74, 6) is -0.203. The van der Waals surface area contributed by atoms with Crippen LogP contribution in [0.2, 0.25) is 0 Å². The lowest BCUT2D eigenvalue weighted by molar-refractivity contribution is -0.274. The van der Waals surface area contributed by atoms with Crippen molar-refractivity contribution in [2.75, 3.05) is 26.2 Å². The number of hydrogen-bond donors (Lipinski definition) is 1. The van der Waals surface area contributed by atoms with E-state index in [-0.39, 0.29) is 30.2 Å². The van der Waals surface area contributed by atoms with E-state index in [1.54, 1.807) is 12.1 Å². The van der Waals surface area contributed by atoms with Crippen molar-refractivity contribution in [3.8, 4) is 5.75 Å². The molecule has 1 aromatic carbocycles. The molecular formula is C18H26ClF3N2O3. The molecular weight excluding hydrogens is 385 g/mol. The van der Waals surface area contributed by atoms with Crippen molar-refractivity contribution in [3.05, 3.63) is 29.8 Å². The number of likely N-dealkylation sites (tertiary alicyclic amines) is 1. The number of aryl methyl sites for hydroxylation is 1. The topological polar surface area (TPSA) is 64.8 Å². The van der Waals surface area contributed by atoms with Gasteiger partial charge in [0.2, 0.25) is 5.91 Å². The zero-order valence-electron chi connectivity index (χ0n) is 15.0. The summed E-state index contributed by atoms with van der Waals surface area (Å²) in [7, 11) is 0. The van der Waals surface area contributed by atoms with E-state index >= 15 is 0 Å². The van der Waals surface area contributed by atoms with E-state index in [0.29, 0.717) is 39.1 Å². The molecule has 27 heavy (non-hydrogen) atoms. The highest BCUT2D eigenvalue weighted by Crippen LogP contribution is 2.23. The molecule has 0 bridgehead atoms. The van der Waals surface area contributed by atoms with Gasteiger partial charge in [0.15, 0.2) is 0 Å². The lowest BCUT2D eigenvalue weighted by atomic mass is 10.1. The Hall–Kier alpha value is -1.51. The molecule has 0 radical (unpaired) electrons. The molecule has 154 valence electrons. The van der Waals surface area contributed by atoms with Gasteiger partial charge in [-0.2, -0.15) is 0 Å². The van der Waals surface area contributed by atoms with Crippen LogP contribution in [0, 0.1) is 0 Å². The molecule has 1 amide bonds. The summed E-state index contributed by atoms with van der Waals surface area (Å²) in [6, 6.07) is 5.62. The molecule has 1 saturated heterocycles. The summed E-state index contributed by atoms with van der Waals surface area (Å²) < 4.78 is 45.9. The molecule has 1 aliphatic heterocycles. The first-order chi connectivity index (χ1) is 12.4. The summed E-state index contributed by atoms with van der Waals surface area (Å²) in [6.07, 6.45) is -1.22. The van der Waals surface area contributed by atoms with Crippen molar-refractivity contribution in [3.63, 3.8) is 0 Å². The Morgan fingerprint density at radius 1 is 1.19 bits per heavy atom. The van der Waals surface area contributed by atoms with Crippen LogP contribution in [0.15, 0.2) is 24.3 Å². The number of nitrogens with zero attached hydrogens (tertiary/aromatic N) is 1. The lowest BCUT2D eigenvalue weighted by Gasteiger charge is -2.32. The number of halogens is 4. The first-order valence-electron chi connectivity index (χ1n) is 8.81. The molecule has 1 aliphatic rings. The first-order valence-corrected chi connectivity index (χ1v) is 8.81. The SMILES string of the molecule is Cl.NCCCOC1CCN(C(=O)CCc2ccc(OC(F)(F)F)cc2)CC1. The smallest absolute Gasteiger partial charge is 0.406 e. The van der Waals surface area contributed by atoms with E-state index in [2.05, 4.69) is 4.74 Å². The maximum absolute atomic E-state index is 12.3. The highest BCUT2D eigenvalue weighted by molar-refractivity contribution is 5.85. The maximum Gasteiger partial charge on any atom is 0.573 e. The van der Waals surface area contributed by atoms with Gasteiger partial charge in [-0.15, -0.1) is 25.6 Å². The number of nitrogens with two attached hydrogens (primary N) is 1. The average Bonchev–Trinajstić information content (AvgIpc) is 2.60. The molecule has 0 aliphatic carbocycles. The quantitative estimate of drug-likeness (QED) is 0.668. The predicted octanol–water partition coefficient (Wildman–Crippen LogP) is 3.30. The fourth-order valence-electron chi connectivity index (χ4n) is 2.87. The Labute approximate surface area is 163 Å². The third-order valence-corrected chi connectivity index (χ3v) is 4.28. The Morgan fingerprint density at radius 3 is 2.37 bits per heavy atom. The number of rotatable bonds is 8. The summed E-state index contributed by atoms with van der Waals surface area (Å²) in [4.78, 5) is 14.1. The minimum absolute atomic E-state index is 0.